The van der Waals surface area contributed by atoms with E-state index in [4.69, 9.17) is 0 Å². The molecule has 0 radical (unpaired) electrons. The topological polar surface area (TPSA) is 53.6 Å². The Kier molecular flexibility index (Phi) is 4.50. The summed E-state index contributed by atoms with van der Waals surface area (Å²) in [6, 6.07) is 19.0. The van der Waals surface area contributed by atoms with Crippen LogP contribution in [0.15, 0.2) is 71.9 Å². The van der Waals surface area contributed by atoms with Gasteiger partial charge in [-0.2, -0.15) is 5.10 Å². The van der Waals surface area contributed by atoms with Gasteiger partial charge in [0.05, 0.1) is 5.52 Å². The average molecular weight is 346 g/mol. The van der Waals surface area contributed by atoms with Crippen molar-refractivity contribution in [2.75, 3.05) is 0 Å². The van der Waals surface area contributed by atoms with Crippen LogP contribution in [0, 0.1) is 6.92 Å². The molecule has 0 aliphatic rings. The summed E-state index contributed by atoms with van der Waals surface area (Å²) in [6.07, 6.45) is 3.63. The summed E-state index contributed by atoms with van der Waals surface area (Å²) in [6.45, 7) is 2.86. The van der Waals surface area contributed by atoms with Crippen molar-refractivity contribution in [2.24, 2.45) is 0 Å². The molecule has 2 heterocycles. The zero-order valence-electron chi connectivity index (χ0n) is 13.9. The second kappa shape index (κ2) is 7.09. The average Bonchev–Trinajstić information content (AvgIpc) is 3.04. The lowest BCUT2D eigenvalue weighted by atomic mass is 10.0. The molecule has 0 atom stereocenters. The quantitative estimate of drug-likeness (QED) is 0.513. The van der Waals surface area contributed by atoms with E-state index in [-0.39, 0.29) is 0 Å². The lowest BCUT2D eigenvalue weighted by Crippen LogP contribution is -2.02. The summed E-state index contributed by atoms with van der Waals surface area (Å²) < 4.78 is 3.38. The number of hydrogen-bond acceptors (Lipinski definition) is 4. The molecule has 2 N–H and O–H groups in total. The molecule has 124 valence electrons. The monoisotopic (exact) mass is 346 g/mol. The molecule has 0 unspecified atom stereocenters. The molecule has 0 bridgehead atoms. The summed E-state index contributed by atoms with van der Waals surface area (Å²) >= 11 is 1.64. The van der Waals surface area contributed by atoms with Gasteiger partial charge < -0.3 is 0 Å². The van der Waals surface area contributed by atoms with Crippen molar-refractivity contribution in [3.8, 4) is 11.1 Å². The predicted molar refractivity (Wildman–Crippen MR) is 103 cm³/mol. The number of H-pyrrole nitrogens is 1. The Morgan fingerprint density at radius 1 is 0.960 bits per heavy atom. The molecule has 0 aliphatic carbocycles. The van der Waals surface area contributed by atoms with Crippen LogP contribution in [0.25, 0.3) is 22.0 Å². The number of hydrogen-bond donors (Lipinski definition) is 2. The van der Waals surface area contributed by atoms with E-state index in [1.807, 2.05) is 31.5 Å². The lowest BCUT2D eigenvalue weighted by Gasteiger charge is -2.06. The number of nitrogens with one attached hydrogen (secondary N) is 2. The van der Waals surface area contributed by atoms with E-state index in [1.54, 1.807) is 11.9 Å². The maximum atomic E-state index is 4.29. The molecule has 5 heteroatoms. The van der Waals surface area contributed by atoms with Crippen LogP contribution in [0.4, 0.5) is 0 Å². The third-order valence-electron chi connectivity index (χ3n) is 4.15. The van der Waals surface area contributed by atoms with Gasteiger partial charge in [-0.1, -0.05) is 18.2 Å². The Bertz CT molecular complexity index is 978. The van der Waals surface area contributed by atoms with Crippen LogP contribution >= 0.6 is 11.9 Å². The van der Waals surface area contributed by atoms with E-state index < -0.39 is 0 Å². The Morgan fingerprint density at radius 3 is 2.52 bits per heavy atom. The summed E-state index contributed by atoms with van der Waals surface area (Å²) in [5.74, 6) is 0. The molecule has 0 spiro atoms. The van der Waals surface area contributed by atoms with Crippen LogP contribution < -0.4 is 4.72 Å². The first kappa shape index (κ1) is 15.9. The number of fused-ring (bicyclic) bond motifs is 1. The van der Waals surface area contributed by atoms with Gasteiger partial charge in [0.2, 0.25) is 0 Å². The van der Waals surface area contributed by atoms with E-state index in [0.717, 1.165) is 17.8 Å². The molecule has 2 aromatic heterocycles. The van der Waals surface area contributed by atoms with E-state index in [1.165, 1.54) is 27.0 Å². The highest BCUT2D eigenvalue weighted by Crippen LogP contribution is 2.27. The molecule has 0 aliphatic heterocycles. The van der Waals surface area contributed by atoms with Gasteiger partial charge in [-0.15, -0.1) is 0 Å². The molecule has 4 aromatic rings. The Morgan fingerprint density at radius 2 is 1.72 bits per heavy atom. The number of aromatic nitrogens is 3. The highest BCUT2D eigenvalue weighted by Gasteiger charge is 2.04. The van der Waals surface area contributed by atoms with Crippen molar-refractivity contribution >= 4 is 22.9 Å². The van der Waals surface area contributed by atoms with Crippen molar-refractivity contribution in [1.29, 1.82) is 0 Å². The molecule has 0 saturated carbocycles. The zero-order chi connectivity index (χ0) is 17.1. The molecular formula is C20H18N4S. The fourth-order valence-corrected chi connectivity index (χ4v) is 3.41. The predicted octanol–water partition coefficient (Wildman–Crippen LogP) is 4.73. The van der Waals surface area contributed by atoms with Crippen LogP contribution in [0.1, 0.15) is 11.3 Å². The molecule has 4 rings (SSSR count). The first-order valence-corrected chi connectivity index (χ1v) is 8.95. The molecule has 0 fully saturated rings. The highest BCUT2D eigenvalue weighted by atomic mass is 32.2. The van der Waals surface area contributed by atoms with Gasteiger partial charge in [0, 0.05) is 34.9 Å². The maximum absolute atomic E-state index is 4.29. The SMILES string of the molecule is Cc1[nH]nc2ccc(-c3ccc(SNCc4ccncc4)cc3)cc12. The number of aryl methyl sites for hydroxylation is 1. The minimum absolute atomic E-state index is 0.811. The third kappa shape index (κ3) is 3.57. The van der Waals surface area contributed by atoms with Gasteiger partial charge in [-0.25, -0.2) is 0 Å². The van der Waals surface area contributed by atoms with Crippen molar-refractivity contribution < 1.29 is 0 Å². The Labute approximate surface area is 150 Å². The summed E-state index contributed by atoms with van der Waals surface area (Å²) in [5.41, 5.74) is 5.75. The van der Waals surface area contributed by atoms with Crippen molar-refractivity contribution in [2.45, 2.75) is 18.4 Å². The van der Waals surface area contributed by atoms with Crippen molar-refractivity contribution in [1.82, 2.24) is 19.9 Å². The highest BCUT2D eigenvalue weighted by molar-refractivity contribution is 7.97. The number of pyridine rings is 1. The molecule has 0 saturated heterocycles. The summed E-state index contributed by atoms with van der Waals surface area (Å²) in [5, 5.41) is 8.50. The van der Waals surface area contributed by atoms with Gasteiger partial charge >= 0.3 is 0 Å². The van der Waals surface area contributed by atoms with Gasteiger partial charge in [0.1, 0.15) is 0 Å². The zero-order valence-corrected chi connectivity index (χ0v) is 14.7. The van der Waals surface area contributed by atoms with Crippen LogP contribution in [0.5, 0.6) is 0 Å². The fraction of sp³-hybridized carbons (Fsp3) is 0.100. The summed E-state index contributed by atoms with van der Waals surface area (Å²) in [7, 11) is 0. The van der Waals surface area contributed by atoms with Crippen LogP contribution in [0.2, 0.25) is 0 Å². The Balaban J connectivity index is 1.44. The Hall–Kier alpha value is -2.63. The number of rotatable bonds is 5. The minimum atomic E-state index is 0.811. The van der Waals surface area contributed by atoms with Crippen molar-refractivity contribution in [3.05, 3.63) is 78.2 Å². The van der Waals surface area contributed by atoms with Crippen molar-refractivity contribution in [3.63, 3.8) is 0 Å². The standard InChI is InChI=1S/C20H18N4S/c1-14-19-12-17(4-7-20(19)24-23-14)16-2-5-18(6-3-16)25-22-13-15-8-10-21-11-9-15/h2-12,22H,13H2,1H3,(H,23,24). The van der Waals surface area contributed by atoms with E-state index in [0.29, 0.717) is 0 Å². The first-order chi connectivity index (χ1) is 12.3. The largest absolute Gasteiger partial charge is 0.282 e. The van der Waals surface area contributed by atoms with Gasteiger partial charge in [-0.05, 0) is 72.0 Å². The molecule has 25 heavy (non-hydrogen) atoms. The van der Waals surface area contributed by atoms with Gasteiger partial charge in [0.25, 0.3) is 0 Å². The third-order valence-corrected chi connectivity index (χ3v) is 4.94. The second-order valence-corrected chi connectivity index (χ2v) is 6.85. The lowest BCUT2D eigenvalue weighted by molar-refractivity contribution is 0.969. The van der Waals surface area contributed by atoms with Gasteiger partial charge in [0.15, 0.2) is 0 Å². The summed E-state index contributed by atoms with van der Waals surface area (Å²) in [4.78, 5) is 5.22. The maximum Gasteiger partial charge on any atom is 0.0924 e. The number of aromatic amines is 1. The van der Waals surface area contributed by atoms with E-state index in [9.17, 15) is 0 Å². The van der Waals surface area contributed by atoms with E-state index >= 15 is 0 Å². The van der Waals surface area contributed by atoms with E-state index in [2.05, 4.69) is 62.4 Å². The normalized spacial score (nSPS) is 11.1. The number of nitrogens with zero attached hydrogens (tertiary/aromatic N) is 2. The second-order valence-electron chi connectivity index (χ2n) is 5.88. The molecule has 2 aromatic carbocycles. The minimum Gasteiger partial charge on any atom is -0.282 e. The smallest absolute Gasteiger partial charge is 0.0924 e. The molecule has 0 amide bonds. The van der Waals surface area contributed by atoms with Gasteiger partial charge in [-0.3, -0.25) is 14.8 Å². The van der Waals surface area contributed by atoms with Crippen LogP contribution in [0.3, 0.4) is 0 Å². The number of benzene rings is 2. The molecule has 4 nitrogen and oxygen atoms in total. The van der Waals surface area contributed by atoms with Crippen LogP contribution in [-0.2, 0) is 6.54 Å². The van der Waals surface area contributed by atoms with Crippen LogP contribution in [-0.4, -0.2) is 15.2 Å². The molecular weight excluding hydrogens is 328 g/mol. The first-order valence-electron chi connectivity index (χ1n) is 8.13. The fourth-order valence-electron chi connectivity index (χ4n) is 2.74.